The summed E-state index contributed by atoms with van der Waals surface area (Å²) in [6.07, 6.45) is 0. The third kappa shape index (κ3) is 2.12. The second-order valence-electron chi connectivity index (χ2n) is 2.76. The van der Waals surface area contributed by atoms with Gasteiger partial charge in [0.05, 0.1) is 5.02 Å². The van der Waals surface area contributed by atoms with Crippen molar-refractivity contribution in [3.63, 3.8) is 0 Å². The maximum absolute atomic E-state index is 8.55. The summed E-state index contributed by atoms with van der Waals surface area (Å²) in [4.78, 5) is 0. The predicted molar refractivity (Wildman–Crippen MR) is 54.9 cm³/mol. The molecule has 1 aromatic carbocycles. The van der Waals surface area contributed by atoms with Gasteiger partial charge in [-0.25, -0.2) is 0 Å². The zero-order valence-corrected chi connectivity index (χ0v) is 8.36. The molecule has 0 fully saturated rings. The van der Waals surface area contributed by atoms with Gasteiger partial charge >= 0.3 is 0 Å². The van der Waals surface area contributed by atoms with E-state index in [9.17, 15) is 0 Å². The van der Waals surface area contributed by atoms with Crippen molar-refractivity contribution in [2.45, 2.75) is 0 Å². The number of halogens is 1. The van der Waals surface area contributed by atoms with E-state index in [1.54, 1.807) is 30.3 Å². The third-order valence-corrected chi connectivity index (χ3v) is 2.05. The molecule has 0 amide bonds. The average molecular weight is 220 g/mol. The first-order valence-corrected chi connectivity index (χ1v) is 4.60. The van der Waals surface area contributed by atoms with Gasteiger partial charge in [0.1, 0.15) is 11.8 Å². The first-order chi connectivity index (χ1) is 7.29. The number of ether oxygens (including phenoxy) is 1. The van der Waals surface area contributed by atoms with E-state index in [0.29, 0.717) is 10.8 Å². The molecule has 0 spiro atoms. The molecular formula is C11H6ClNO2. The Morgan fingerprint density at radius 3 is 2.67 bits per heavy atom. The Balaban J connectivity index is 2.23. The second-order valence-corrected chi connectivity index (χ2v) is 3.17. The summed E-state index contributed by atoms with van der Waals surface area (Å²) >= 11 is 5.88. The Morgan fingerprint density at radius 1 is 1.20 bits per heavy atom. The van der Waals surface area contributed by atoms with Crippen molar-refractivity contribution in [1.82, 2.24) is 0 Å². The van der Waals surface area contributed by atoms with Gasteiger partial charge in [0.15, 0.2) is 0 Å². The number of nitriles is 1. The van der Waals surface area contributed by atoms with Crippen LogP contribution in [0.2, 0.25) is 5.02 Å². The van der Waals surface area contributed by atoms with Crippen LogP contribution in [0.5, 0.6) is 11.7 Å². The van der Waals surface area contributed by atoms with Crippen LogP contribution in [-0.2, 0) is 0 Å². The predicted octanol–water partition coefficient (Wildman–Crippen LogP) is 3.60. The zero-order valence-electron chi connectivity index (χ0n) is 7.61. The molecule has 4 heteroatoms. The van der Waals surface area contributed by atoms with Crippen LogP contribution in [0.25, 0.3) is 0 Å². The highest BCUT2D eigenvalue weighted by atomic mass is 35.5. The molecule has 74 valence electrons. The Kier molecular flexibility index (Phi) is 2.61. The van der Waals surface area contributed by atoms with Gasteiger partial charge in [0.2, 0.25) is 5.76 Å². The van der Waals surface area contributed by atoms with E-state index in [1.165, 1.54) is 6.07 Å². The van der Waals surface area contributed by atoms with Crippen LogP contribution in [0, 0.1) is 11.3 Å². The Morgan fingerprint density at radius 2 is 2.00 bits per heavy atom. The van der Waals surface area contributed by atoms with Crippen molar-refractivity contribution < 1.29 is 9.15 Å². The van der Waals surface area contributed by atoms with Crippen molar-refractivity contribution in [2.75, 3.05) is 0 Å². The molecule has 3 nitrogen and oxygen atoms in total. The van der Waals surface area contributed by atoms with E-state index < -0.39 is 0 Å². The van der Waals surface area contributed by atoms with E-state index in [4.69, 9.17) is 26.0 Å². The lowest BCUT2D eigenvalue weighted by Crippen LogP contribution is -1.81. The summed E-state index contributed by atoms with van der Waals surface area (Å²) in [5, 5.41) is 9.04. The van der Waals surface area contributed by atoms with E-state index in [1.807, 2.05) is 6.07 Å². The smallest absolute Gasteiger partial charge is 0.291 e. The van der Waals surface area contributed by atoms with Gasteiger partial charge in [-0.1, -0.05) is 23.7 Å². The molecule has 0 bridgehead atoms. The molecule has 0 N–H and O–H groups in total. The Hall–Kier alpha value is -1.92. The standard InChI is InChI=1S/C11H6ClNO2/c12-9-3-1-2-4-10(9)15-11-6-5-8(7-13)14-11/h1-6H. The van der Waals surface area contributed by atoms with Crippen molar-refractivity contribution in [2.24, 2.45) is 0 Å². The van der Waals surface area contributed by atoms with Gasteiger partial charge < -0.3 is 9.15 Å². The summed E-state index contributed by atoms with van der Waals surface area (Å²) in [6, 6.07) is 12.0. The van der Waals surface area contributed by atoms with E-state index >= 15 is 0 Å². The summed E-state index contributed by atoms with van der Waals surface area (Å²) in [5.41, 5.74) is 0. The minimum absolute atomic E-state index is 0.206. The summed E-state index contributed by atoms with van der Waals surface area (Å²) in [7, 11) is 0. The zero-order chi connectivity index (χ0) is 10.7. The van der Waals surface area contributed by atoms with Gasteiger partial charge in [-0.05, 0) is 18.2 Å². The molecule has 2 aromatic rings. The van der Waals surface area contributed by atoms with Crippen molar-refractivity contribution in [3.05, 3.63) is 47.2 Å². The number of rotatable bonds is 2. The number of hydrogen-bond donors (Lipinski definition) is 0. The topological polar surface area (TPSA) is 46.2 Å². The fourth-order valence-corrected chi connectivity index (χ4v) is 1.25. The van der Waals surface area contributed by atoms with Crippen LogP contribution in [0.15, 0.2) is 40.8 Å². The molecule has 1 aromatic heterocycles. The maximum Gasteiger partial charge on any atom is 0.291 e. The molecular weight excluding hydrogens is 214 g/mol. The average Bonchev–Trinajstić information content (AvgIpc) is 2.69. The van der Waals surface area contributed by atoms with Gasteiger partial charge in [-0.15, -0.1) is 0 Å². The second kappa shape index (κ2) is 4.07. The van der Waals surface area contributed by atoms with Crippen molar-refractivity contribution in [1.29, 1.82) is 5.26 Å². The Bertz CT molecular complexity index is 513. The number of hydrogen-bond acceptors (Lipinski definition) is 3. The monoisotopic (exact) mass is 219 g/mol. The fourth-order valence-electron chi connectivity index (χ4n) is 1.07. The molecule has 0 atom stereocenters. The van der Waals surface area contributed by atoms with Gasteiger partial charge in [-0.2, -0.15) is 5.26 Å². The molecule has 0 aliphatic heterocycles. The number of nitrogens with zero attached hydrogens (tertiary/aromatic N) is 1. The lowest BCUT2D eigenvalue weighted by Gasteiger charge is -2.02. The van der Waals surface area contributed by atoms with E-state index in [-0.39, 0.29) is 11.7 Å². The van der Waals surface area contributed by atoms with Gasteiger partial charge in [0.25, 0.3) is 5.95 Å². The largest absolute Gasteiger partial charge is 0.424 e. The molecule has 0 unspecified atom stereocenters. The normalized spacial score (nSPS) is 9.60. The highest BCUT2D eigenvalue weighted by Crippen LogP contribution is 2.29. The number of para-hydroxylation sites is 1. The Labute approximate surface area is 91.5 Å². The maximum atomic E-state index is 8.55. The highest BCUT2D eigenvalue weighted by molar-refractivity contribution is 6.32. The molecule has 0 saturated carbocycles. The van der Waals surface area contributed by atoms with Crippen LogP contribution in [-0.4, -0.2) is 0 Å². The minimum atomic E-state index is 0.206. The number of furan rings is 1. The third-order valence-electron chi connectivity index (χ3n) is 1.74. The van der Waals surface area contributed by atoms with Gasteiger partial charge in [-0.3, -0.25) is 0 Å². The quantitative estimate of drug-likeness (QED) is 0.775. The first kappa shape index (κ1) is 9.63. The van der Waals surface area contributed by atoms with E-state index in [2.05, 4.69) is 0 Å². The van der Waals surface area contributed by atoms with E-state index in [0.717, 1.165) is 0 Å². The van der Waals surface area contributed by atoms with Crippen LogP contribution in [0.3, 0.4) is 0 Å². The van der Waals surface area contributed by atoms with Crippen molar-refractivity contribution >= 4 is 11.6 Å². The summed E-state index contributed by atoms with van der Waals surface area (Å²) in [6.45, 7) is 0. The number of benzene rings is 1. The van der Waals surface area contributed by atoms with Crippen LogP contribution < -0.4 is 4.74 Å². The molecule has 0 radical (unpaired) electrons. The molecule has 0 saturated heterocycles. The molecule has 2 rings (SSSR count). The first-order valence-electron chi connectivity index (χ1n) is 4.22. The van der Waals surface area contributed by atoms with Crippen LogP contribution >= 0.6 is 11.6 Å². The highest BCUT2D eigenvalue weighted by Gasteiger charge is 2.05. The van der Waals surface area contributed by atoms with Crippen LogP contribution in [0.1, 0.15) is 5.76 Å². The minimum Gasteiger partial charge on any atom is -0.424 e. The molecule has 15 heavy (non-hydrogen) atoms. The van der Waals surface area contributed by atoms with Gasteiger partial charge in [0, 0.05) is 6.07 Å². The molecule has 1 heterocycles. The summed E-state index contributed by atoms with van der Waals surface area (Å²) in [5.74, 6) is 0.953. The molecule has 0 aliphatic carbocycles. The lowest BCUT2D eigenvalue weighted by molar-refractivity contribution is 0.343. The lowest BCUT2D eigenvalue weighted by atomic mass is 10.3. The fraction of sp³-hybridized carbons (Fsp3) is 0. The summed E-state index contributed by atoms with van der Waals surface area (Å²) < 4.78 is 10.4. The molecule has 0 aliphatic rings. The SMILES string of the molecule is N#Cc1ccc(Oc2ccccc2Cl)o1. The van der Waals surface area contributed by atoms with Crippen LogP contribution in [0.4, 0.5) is 0 Å². The van der Waals surface area contributed by atoms with Crippen molar-refractivity contribution in [3.8, 4) is 17.8 Å².